The molecular weight excluding hydrogens is 524 g/mol. The van der Waals surface area contributed by atoms with Crippen molar-refractivity contribution in [3.05, 3.63) is 120 Å². The number of hydrogen-bond acceptors (Lipinski definition) is 3. The highest BCUT2D eigenvalue weighted by Gasteiger charge is 2.43. The van der Waals surface area contributed by atoms with Gasteiger partial charge in [0.25, 0.3) is 0 Å². The van der Waals surface area contributed by atoms with Crippen LogP contribution in [0, 0.1) is 0 Å². The molecule has 0 bridgehead atoms. The first kappa shape index (κ1) is 26.5. The molecule has 3 nitrogen and oxygen atoms in total. The summed E-state index contributed by atoms with van der Waals surface area (Å²) in [5.41, 5.74) is 11.0. The second kappa shape index (κ2) is 11.2. The van der Waals surface area contributed by atoms with Crippen LogP contribution in [0.15, 0.2) is 109 Å². The SMILES string of the molecule is c1ccc2c(-c3ccc(-c4ccc5c(c4)C4(CCOCC4)CN5Cc4ccc(N5CCCCC5)cc4)cc3)cccc2c1. The maximum absolute atomic E-state index is 5.87. The predicted octanol–water partition coefficient (Wildman–Crippen LogP) is 9.23. The summed E-state index contributed by atoms with van der Waals surface area (Å²) in [6.45, 7) is 6.11. The Morgan fingerprint density at radius 1 is 0.651 bits per heavy atom. The molecule has 1 spiro atoms. The second-order valence-corrected chi connectivity index (χ2v) is 12.8. The summed E-state index contributed by atoms with van der Waals surface area (Å²) in [7, 11) is 0. The molecule has 3 aliphatic rings. The summed E-state index contributed by atoms with van der Waals surface area (Å²) < 4.78 is 5.87. The molecule has 43 heavy (non-hydrogen) atoms. The van der Waals surface area contributed by atoms with Gasteiger partial charge >= 0.3 is 0 Å². The fraction of sp³-hybridized carbons (Fsp3) is 0.300. The third-order valence-electron chi connectivity index (χ3n) is 10.2. The quantitative estimate of drug-likeness (QED) is 0.212. The molecular formula is C40H40N2O. The van der Waals surface area contributed by atoms with Crippen LogP contribution in [0.2, 0.25) is 0 Å². The summed E-state index contributed by atoms with van der Waals surface area (Å²) >= 11 is 0. The maximum atomic E-state index is 5.87. The van der Waals surface area contributed by atoms with Crippen LogP contribution >= 0.6 is 0 Å². The minimum absolute atomic E-state index is 0.167. The molecule has 0 unspecified atom stereocenters. The van der Waals surface area contributed by atoms with Crippen molar-refractivity contribution in [1.82, 2.24) is 0 Å². The van der Waals surface area contributed by atoms with Gasteiger partial charge < -0.3 is 14.5 Å². The molecule has 5 aromatic carbocycles. The topological polar surface area (TPSA) is 15.7 Å². The van der Waals surface area contributed by atoms with Crippen molar-refractivity contribution in [2.45, 2.75) is 44.1 Å². The number of fused-ring (bicyclic) bond motifs is 3. The Balaban J connectivity index is 1.08. The van der Waals surface area contributed by atoms with E-state index in [4.69, 9.17) is 4.74 Å². The van der Waals surface area contributed by atoms with E-state index in [-0.39, 0.29) is 5.41 Å². The van der Waals surface area contributed by atoms with Gasteiger partial charge in [-0.15, -0.1) is 0 Å². The fourth-order valence-electron chi connectivity index (χ4n) is 7.79. The van der Waals surface area contributed by atoms with E-state index in [0.717, 1.165) is 39.1 Å². The molecule has 0 aromatic heterocycles. The molecule has 3 heterocycles. The molecule has 0 N–H and O–H groups in total. The lowest BCUT2D eigenvalue weighted by molar-refractivity contribution is 0.0553. The summed E-state index contributed by atoms with van der Waals surface area (Å²) in [5.74, 6) is 0. The third-order valence-corrected chi connectivity index (χ3v) is 10.2. The summed E-state index contributed by atoms with van der Waals surface area (Å²) in [5, 5.41) is 2.59. The van der Waals surface area contributed by atoms with E-state index >= 15 is 0 Å². The molecule has 0 aliphatic carbocycles. The summed E-state index contributed by atoms with van der Waals surface area (Å²) in [6, 6.07) is 41.0. The van der Waals surface area contributed by atoms with Crippen molar-refractivity contribution in [2.75, 3.05) is 42.6 Å². The zero-order chi connectivity index (χ0) is 28.6. The molecule has 0 saturated carbocycles. The van der Waals surface area contributed by atoms with Gasteiger partial charge in [0, 0.05) is 56.2 Å². The van der Waals surface area contributed by atoms with E-state index < -0.39 is 0 Å². The Bertz CT molecular complexity index is 1720. The Morgan fingerprint density at radius 3 is 2.19 bits per heavy atom. The van der Waals surface area contributed by atoms with E-state index in [0.29, 0.717) is 0 Å². The molecule has 3 aliphatic heterocycles. The van der Waals surface area contributed by atoms with Gasteiger partial charge in [0.1, 0.15) is 0 Å². The van der Waals surface area contributed by atoms with Gasteiger partial charge in [-0.1, -0.05) is 84.9 Å². The summed E-state index contributed by atoms with van der Waals surface area (Å²) in [6.07, 6.45) is 6.18. The molecule has 2 saturated heterocycles. The lowest BCUT2D eigenvalue weighted by Gasteiger charge is -2.34. The van der Waals surface area contributed by atoms with Crippen molar-refractivity contribution in [3.63, 3.8) is 0 Å². The van der Waals surface area contributed by atoms with Crippen LogP contribution in [0.5, 0.6) is 0 Å². The first-order chi connectivity index (χ1) is 21.3. The van der Waals surface area contributed by atoms with Gasteiger partial charge in [-0.2, -0.15) is 0 Å². The van der Waals surface area contributed by atoms with Crippen molar-refractivity contribution in [1.29, 1.82) is 0 Å². The van der Waals surface area contributed by atoms with E-state index in [1.165, 1.54) is 87.9 Å². The van der Waals surface area contributed by atoms with Gasteiger partial charge in [-0.05, 0) is 101 Å². The van der Waals surface area contributed by atoms with Crippen LogP contribution in [0.4, 0.5) is 11.4 Å². The highest BCUT2D eigenvalue weighted by atomic mass is 16.5. The minimum atomic E-state index is 0.167. The van der Waals surface area contributed by atoms with E-state index in [1.54, 1.807) is 0 Å². The van der Waals surface area contributed by atoms with Crippen LogP contribution in [-0.4, -0.2) is 32.8 Å². The zero-order valence-electron chi connectivity index (χ0n) is 25.0. The van der Waals surface area contributed by atoms with E-state index in [2.05, 4.69) is 119 Å². The maximum Gasteiger partial charge on any atom is 0.0475 e. The summed E-state index contributed by atoms with van der Waals surface area (Å²) in [4.78, 5) is 5.18. The largest absolute Gasteiger partial charge is 0.381 e. The smallest absolute Gasteiger partial charge is 0.0475 e. The van der Waals surface area contributed by atoms with Crippen molar-refractivity contribution in [2.24, 2.45) is 0 Å². The standard InChI is InChI=1S/C40H40N2O/c1-4-23-41(24-5-1)35-18-11-30(12-19-35)28-42-29-40(21-25-43-26-22-40)38-27-34(17-20-39(38)42)31-13-15-33(16-14-31)37-10-6-8-32-7-2-3-9-36(32)37/h2-3,6-20,27H,1,4-5,21-26,28-29H2. The Morgan fingerprint density at radius 2 is 1.37 bits per heavy atom. The first-order valence-corrected chi connectivity index (χ1v) is 16.2. The van der Waals surface area contributed by atoms with Crippen LogP contribution in [0.25, 0.3) is 33.0 Å². The number of rotatable bonds is 5. The second-order valence-electron chi connectivity index (χ2n) is 12.8. The number of benzene rings is 5. The molecule has 0 atom stereocenters. The molecule has 216 valence electrons. The Kier molecular flexibility index (Phi) is 6.92. The van der Waals surface area contributed by atoms with Crippen LogP contribution in [0.3, 0.4) is 0 Å². The average molecular weight is 565 g/mol. The lowest BCUT2D eigenvalue weighted by Crippen LogP contribution is -2.38. The number of piperidine rings is 1. The van der Waals surface area contributed by atoms with Gasteiger partial charge in [-0.3, -0.25) is 0 Å². The fourth-order valence-corrected chi connectivity index (χ4v) is 7.79. The van der Waals surface area contributed by atoms with Crippen molar-refractivity contribution >= 4 is 22.1 Å². The average Bonchev–Trinajstić information content (AvgIpc) is 3.36. The molecule has 3 heteroatoms. The molecule has 0 radical (unpaired) electrons. The highest BCUT2D eigenvalue weighted by Crippen LogP contribution is 2.48. The van der Waals surface area contributed by atoms with Crippen molar-refractivity contribution in [3.8, 4) is 22.3 Å². The molecule has 5 aromatic rings. The van der Waals surface area contributed by atoms with Crippen LogP contribution in [-0.2, 0) is 16.7 Å². The number of nitrogens with zero attached hydrogens (tertiary/aromatic N) is 2. The van der Waals surface area contributed by atoms with Crippen LogP contribution < -0.4 is 9.80 Å². The van der Waals surface area contributed by atoms with Gasteiger partial charge in [0.2, 0.25) is 0 Å². The normalized spacial score (nSPS) is 17.9. The zero-order valence-corrected chi connectivity index (χ0v) is 25.0. The Labute approximate surface area is 255 Å². The molecule has 2 fully saturated rings. The predicted molar refractivity (Wildman–Crippen MR) is 180 cm³/mol. The number of ether oxygens (including phenoxy) is 1. The van der Waals surface area contributed by atoms with E-state index in [9.17, 15) is 0 Å². The van der Waals surface area contributed by atoms with Gasteiger partial charge in [0.15, 0.2) is 0 Å². The monoisotopic (exact) mass is 564 g/mol. The van der Waals surface area contributed by atoms with Gasteiger partial charge in [-0.25, -0.2) is 0 Å². The third kappa shape index (κ3) is 5.00. The molecule has 8 rings (SSSR count). The Hall–Kier alpha value is -4.08. The van der Waals surface area contributed by atoms with E-state index in [1.807, 2.05) is 0 Å². The number of anilines is 2. The highest BCUT2D eigenvalue weighted by molar-refractivity contribution is 5.96. The first-order valence-electron chi connectivity index (χ1n) is 16.2. The van der Waals surface area contributed by atoms with Crippen LogP contribution in [0.1, 0.15) is 43.2 Å². The van der Waals surface area contributed by atoms with Crippen molar-refractivity contribution < 1.29 is 4.74 Å². The minimum Gasteiger partial charge on any atom is -0.381 e. The number of hydrogen-bond donors (Lipinski definition) is 0. The van der Waals surface area contributed by atoms with Gasteiger partial charge in [0.05, 0.1) is 0 Å². The lowest BCUT2D eigenvalue weighted by atomic mass is 9.75. The molecule has 0 amide bonds.